The summed E-state index contributed by atoms with van der Waals surface area (Å²) in [7, 11) is 0. The lowest BCUT2D eigenvalue weighted by Crippen LogP contribution is -2.30. The van der Waals surface area contributed by atoms with E-state index in [4.69, 9.17) is 5.73 Å². The van der Waals surface area contributed by atoms with Gasteiger partial charge in [-0.25, -0.2) is 9.97 Å². The monoisotopic (exact) mass is 187 g/mol. The van der Waals surface area contributed by atoms with E-state index in [2.05, 4.69) is 9.97 Å². The number of rotatable bonds is 2. The van der Waals surface area contributed by atoms with E-state index >= 15 is 0 Å². The van der Waals surface area contributed by atoms with E-state index in [1.807, 2.05) is 13.8 Å². The highest BCUT2D eigenvalue weighted by atomic mass is 35.5. The van der Waals surface area contributed by atoms with Crippen molar-refractivity contribution in [3.8, 4) is 0 Å². The Morgan fingerprint density at radius 1 is 1.33 bits per heavy atom. The van der Waals surface area contributed by atoms with Gasteiger partial charge in [-0.3, -0.25) is 0 Å². The molecule has 0 saturated heterocycles. The standard InChI is InChI=1S/C8H13N3.ClH/c1-8(2,6-9)7-10-4-3-5-11-7;/h3-5H,6,9H2,1-2H3;1H. The molecule has 1 aromatic rings. The van der Waals surface area contributed by atoms with E-state index in [1.165, 1.54) is 0 Å². The SMILES string of the molecule is CC(C)(CN)c1ncccn1.Cl. The molecule has 3 nitrogen and oxygen atoms in total. The molecule has 0 bridgehead atoms. The Bertz CT molecular complexity index is 223. The summed E-state index contributed by atoms with van der Waals surface area (Å²) in [4.78, 5) is 8.26. The molecule has 0 aliphatic carbocycles. The van der Waals surface area contributed by atoms with Crippen molar-refractivity contribution in [1.29, 1.82) is 0 Å². The van der Waals surface area contributed by atoms with Crippen LogP contribution in [0, 0.1) is 0 Å². The van der Waals surface area contributed by atoms with Crippen LogP contribution >= 0.6 is 12.4 Å². The predicted octanol–water partition coefficient (Wildman–Crippen LogP) is 1.13. The van der Waals surface area contributed by atoms with Gasteiger partial charge >= 0.3 is 0 Å². The van der Waals surface area contributed by atoms with Crippen molar-refractivity contribution in [2.45, 2.75) is 19.3 Å². The van der Waals surface area contributed by atoms with Gasteiger partial charge in [0.2, 0.25) is 0 Å². The van der Waals surface area contributed by atoms with Gasteiger partial charge in [0.1, 0.15) is 5.82 Å². The molecule has 4 heteroatoms. The molecule has 1 aromatic heterocycles. The summed E-state index contributed by atoms with van der Waals surface area (Å²) in [6.07, 6.45) is 3.47. The zero-order valence-electron chi connectivity index (χ0n) is 7.32. The Hall–Kier alpha value is -0.670. The van der Waals surface area contributed by atoms with Crippen LogP contribution in [0.25, 0.3) is 0 Å². The molecular weight excluding hydrogens is 174 g/mol. The van der Waals surface area contributed by atoms with Crippen LogP contribution in [0.2, 0.25) is 0 Å². The number of nitrogens with zero attached hydrogens (tertiary/aromatic N) is 2. The maximum absolute atomic E-state index is 5.56. The quantitative estimate of drug-likeness (QED) is 0.756. The van der Waals surface area contributed by atoms with Gasteiger partial charge < -0.3 is 5.73 Å². The number of halogens is 1. The number of hydrogen-bond donors (Lipinski definition) is 1. The molecule has 0 fully saturated rings. The van der Waals surface area contributed by atoms with Crippen LogP contribution in [0.3, 0.4) is 0 Å². The first-order valence-electron chi connectivity index (χ1n) is 3.64. The van der Waals surface area contributed by atoms with Crippen LogP contribution in [0.4, 0.5) is 0 Å². The molecular formula is C8H14ClN3. The highest BCUT2D eigenvalue weighted by Gasteiger charge is 2.20. The maximum Gasteiger partial charge on any atom is 0.135 e. The van der Waals surface area contributed by atoms with E-state index in [-0.39, 0.29) is 17.8 Å². The first-order chi connectivity index (χ1) is 5.17. The van der Waals surface area contributed by atoms with Gasteiger partial charge in [-0.15, -0.1) is 12.4 Å². The Morgan fingerprint density at radius 2 is 1.83 bits per heavy atom. The van der Waals surface area contributed by atoms with Crippen molar-refractivity contribution >= 4 is 12.4 Å². The minimum Gasteiger partial charge on any atom is -0.329 e. The molecule has 2 N–H and O–H groups in total. The second-order valence-corrected chi connectivity index (χ2v) is 3.16. The minimum atomic E-state index is -0.110. The van der Waals surface area contributed by atoms with Crippen molar-refractivity contribution in [3.63, 3.8) is 0 Å². The van der Waals surface area contributed by atoms with Crippen molar-refractivity contribution in [3.05, 3.63) is 24.3 Å². The fourth-order valence-electron chi connectivity index (χ4n) is 0.740. The third-order valence-corrected chi connectivity index (χ3v) is 1.68. The van der Waals surface area contributed by atoms with Gasteiger partial charge in [-0.2, -0.15) is 0 Å². The van der Waals surface area contributed by atoms with Crippen LogP contribution in [0.15, 0.2) is 18.5 Å². The first kappa shape index (κ1) is 11.3. The molecule has 12 heavy (non-hydrogen) atoms. The van der Waals surface area contributed by atoms with Crippen molar-refractivity contribution in [2.24, 2.45) is 5.73 Å². The van der Waals surface area contributed by atoms with Crippen LogP contribution < -0.4 is 5.73 Å². The summed E-state index contributed by atoms with van der Waals surface area (Å²) in [5.41, 5.74) is 5.45. The summed E-state index contributed by atoms with van der Waals surface area (Å²) in [6, 6.07) is 1.80. The number of nitrogens with two attached hydrogens (primary N) is 1. The third kappa shape index (κ3) is 2.43. The molecule has 1 rings (SSSR count). The van der Waals surface area contributed by atoms with Gasteiger partial charge in [-0.1, -0.05) is 13.8 Å². The van der Waals surface area contributed by atoms with Crippen molar-refractivity contribution in [1.82, 2.24) is 9.97 Å². The van der Waals surface area contributed by atoms with Gasteiger partial charge in [-0.05, 0) is 6.07 Å². The smallest absolute Gasteiger partial charge is 0.135 e. The zero-order chi connectivity index (χ0) is 8.32. The number of hydrogen-bond acceptors (Lipinski definition) is 3. The predicted molar refractivity (Wildman–Crippen MR) is 51.4 cm³/mol. The van der Waals surface area contributed by atoms with E-state index in [9.17, 15) is 0 Å². The van der Waals surface area contributed by atoms with E-state index in [1.54, 1.807) is 18.5 Å². The topological polar surface area (TPSA) is 51.8 Å². The summed E-state index contributed by atoms with van der Waals surface area (Å²) >= 11 is 0. The van der Waals surface area contributed by atoms with Crippen LogP contribution in [0.5, 0.6) is 0 Å². The molecule has 0 aliphatic rings. The maximum atomic E-state index is 5.56. The van der Waals surface area contributed by atoms with Gasteiger partial charge in [0.05, 0.1) is 0 Å². The Kier molecular flexibility index (Phi) is 4.13. The van der Waals surface area contributed by atoms with E-state index < -0.39 is 0 Å². The summed E-state index contributed by atoms with van der Waals surface area (Å²) in [5, 5.41) is 0. The number of aromatic nitrogens is 2. The van der Waals surface area contributed by atoms with Crippen LogP contribution in [-0.4, -0.2) is 16.5 Å². The molecule has 0 aromatic carbocycles. The van der Waals surface area contributed by atoms with Crippen molar-refractivity contribution in [2.75, 3.05) is 6.54 Å². The Balaban J connectivity index is 0.00000121. The largest absolute Gasteiger partial charge is 0.329 e. The van der Waals surface area contributed by atoms with Crippen LogP contribution in [-0.2, 0) is 5.41 Å². The lowest BCUT2D eigenvalue weighted by Gasteiger charge is -2.19. The summed E-state index contributed by atoms with van der Waals surface area (Å²) in [6.45, 7) is 4.63. The average Bonchev–Trinajstić information content (AvgIpc) is 2.06. The van der Waals surface area contributed by atoms with Crippen molar-refractivity contribution < 1.29 is 0 Å². The second kappa shape index (κ2) is 4.38. The van der Waals surface area contributed by atoms with Gasteiger partial charge in [0.15, 0.2) is 0 Å². The Morgan fingerprint density at radius 3 is 2.25 bits per heavy atom. The minimum absolute atomic E-state index is 0. The third-order valence-electron chi connectivity index (χ3n) is 1.68. The fraction of sp³-hybridized carbons (Fsp3) is 0.500. The molecule has 68 valence electrons. The lowest BCUT2D eigenvalue weighted by atomic mass is 9.93. The summed E-state index contributed by atoms with van der Waals surface area (Å²) in [5.74, 6) is 0.808. The molecule has 0 amide bonds. The van der Waals surface area contributed by atoms with E-state index in [0.29, 0.717) is 6.54 Å². The lowest BCUT2D eigenvalue weighted by molar-refractivity contribution is 0.502. The molecule has 1 heterocycles. The second-order valence-electron chi connectivity index (χ2n) is 3.16. The average molecular weight is 188 g/mol. The molecule has 0 unspecified atom stereocenters. The van der Waals surface area contributed by atoms with Gasteiger partial charge in [0.25, 0.3) is 0 Å². The highest BCUT2D eigenvalue weighted by molar-refractivity contribution is 5.85. The highest BCUT2D eigenvalue weighted by Crippen LogP contribution is 2.15. The molecule has 0 atom stereocenters. The first-order valence-corrected chi connectivity index (χ1v) is 3.64. The molecule has 0 aliphatic heterocycles. The van der Waals surface area contributed by atoms with E-state index in [0.717, 1.165) is 5.82 Å². The zero-order valence-corrected chi connectivity index (χ0v) is 8.14. The molecule has 0 spiro atoms. The van der Waals surface area contributed by atoms with Gasteiger partial charge in [0, 0.05) is 24.4 Å². The fourth-order valence-corrected chi connectivity index (χ4v) is 0.740. The summed E-state index contributed by atoms with van der Waals surface area (Å²) < 4.78 is 0. The molecule has 0 radical (unpaired) electrons. The normalized spacial score (nSPS) is 10.6. The molecule has 0 saturated carbocycles. The van der Waals surface area contributed by atoms with Crippen LogP contribution in [0.1, 0.15) is 19.7 Å². The Labute approximate surface area is 78.8 Å².